The molecule has 0 radical (unpaired) electrons. The van der Waals surface area contributed by atoms with Gasteiger partial charge >= 0.3 is 0 Å². The molecule has 0 aliphatic carbocycles. The highest BCUT2D eigenvalue weighted by Crippen LogP contribution is 2.31. The number of likely N-dealkylation sites (N-methyl/N-ethyl adjacent to an activating group) is 1. The first-order chi connectivity index (χ1) is 12.5. The van der Waals surface area contributed by atoms with Gasteiger partial charge in [0.05, 0.1) is 12.1 Å². The third-order valence-electron chi connectivity index (χ3n) is 4.56. The Kier molecular flexibility index (Phi) is 5.81. The van der Waals surface area contributed by atoms with E-state index in [4.69, 9.17) is 16.3 Å². The van der Waals surface area contributed by atoms with Gasteiger partial charge in [0.2, 0.25) is 0 Å². The molecule has 0 bridgehead atoms. The first kappa shape index (κ1) is 18.7. The maximum Gasteiger partial charge on any atom is 0.251 e. The normalized spacial score (nSPS) is 20.3. The number of carbonyl (C=O) groups excluding carboxylic acids is 1. The van der Waals surface area contributed by atoms with Crippen LogP contribution in [0.3, 0.4) is 0 Å². The number of hydrogen-bond acceptors (Lipinski definition) is 4. The largest absolute Gasteiger partial charge is 0.507 e. The number of rotatable bonds is 5. The summed E-state index contributed by atoms with van der Waals surface area (Å²) < 4.78 is 5.73. The van der Waals surface area contributed by atoms with Gasteiger partial charge in [0.25, 0.3) is 5.91 Å². The number of phenols is 1. The zero-order chi connectivity index (χ0) is 18.7. The second-order valence-electron chi connectivity index (χ2n) is 6.53. The zero-order valence-corrected chi connectivity index (χ0v) is 15.7. The zero-order valence-electron chi connectivity index (χ0n) is 14.9. The standard InChI is InChI=1S/C20H23ClN2O3/c1-3-26-19-12-23(2)11-17(19)22-20(25)14-6-4-13(5-7-14)16-10-15(21)8-9-18(16)24/h4-10,17,19,24H,3,11-12H2,1-2H3,(H,22,25)/t17-,19-/m0/s1. The predicted molar refractivity (Wildman–Crippen MR) is 103 cm³/mol. The molecule has 2 atom stereocenters. The third-order valence-corrected chi connectivity index (χ3v) is 4.80. The van der Waals surface area contributed by atoms with E-state index in [0.717, 1.165) is 18.7 Å². The molecule has 0 unspecified atom stereocenters. The van der Waals surface area contributed by atoms with Gasteiger partial charge in [-0.05, 0) is 49.9 Å². The number of amides is 1. The highest BCUT2D eigenvalue weighted by molar-refractivity contribution is 6.31. The van der Waals surface area contributed by atoms with Gasteiger partial charge in [0.1, 0.15) is 5.75 Å². The number of ether oxygens (including phenoxy) is 1. The Morgan fingerprint density at radius 1 is 1.27 bits per heavy atom. The van der Waals surface area contributed by atoms with E-state index in [2.05, 4.69) is 10.2 Å². The summed E-state index contributed by atoms with van der Waals surface area (Å²) in [6.45, 7) is 4.17. The van der Waals surface area contributed by atoms with E-state index < -0.39 is 0 Å². The fourth-order valence-corrected chi connectivity index (χ4v) is 3.45. The lowest BCUT2D eigenvalue weighted by atomic mass is 10.0. The van der Waals surface area contributed by atoms with Crippen molar-refractivity contribution in [2.75, 3.05) is 26.7 Å². The number of nitrogens with zero attached hydrogens (tertiary/aromatic N) is 1. The highest BCUT2D eigenvalue weighted by Gasteiger charge is 2.32. The SMILES string of the molecule is CCO[C@H]1CN(C)C[C@@H]1NC(=O)c1ccc(-c2cc(Cl)ccc2O)cc1. The number of nitrogens with one attached hydrogen (secondary N) is 1. The highest BCUT2D eigenvalue weighted by atomic mass is 35.5. The Labute approximate surface area is 158 Å². The Morgan fingerprint density at radius 2 is 2.00 bits per heavy atom. The van der Waals surface area contributed by atoms with Crippen molar-refractivity contribution in [1.29, 1.82) is 0 Å². The summed E-state index contributed by atoms with van der Waals surface area (Å²) in [5, 5.41) is 13.6. The first-order valence-electron chi connectivity index (χ1n) is 8.68. The van der Waals surface area contributed by atoms with Crippen molar-refractivity contribution in [1.82, 2.24) is 10.2 Å². The minimum absolute atomic E-state index is 0.0108. The summed E-state index contributed by atoms with van der Waals surface area (Å²) >= 11 is 6.00. The van der Waals surface area contributed by atoms with Gasteiger partial charge in [-0.1, -0.05) is 23.7 Å². The molecule has 0 saturated carbocycles. The monoisotopic (exact) mass is 374 g/mol. The van der Waals surface area contributed by atoms with Crippen molar-refractivity contribution in [3.05, 3.63) is 53.1 Å². The van der Waals surface area contributed by atoms with Crippen molar-refractivity contribution >= 4 is 17.5 Å². The fourth-order valence-electron chi connectivity index (χ4n) is 3.28. The lowest BCUT2D eigenvalue weighted by Gasteiger charge is -2.19. The molecular weight excluding hydrogens is 352 g/mol. The van der Waals surface area contributed by atoms with E-state index in [1.165, 1.54) is 0 Å². The molecule has 6 heteroatoms. The van der Waals surface area contributed by atoms with Gasteiger partial charge < -0.3 is 20.1 Å². The summed E-state index contributed by atoms with van der Waals surface area (Å²) in [6.07, 6.45) is 0.0108. The van der Waals surface area contributed by atoms with Crippen LogP contribution in [0.1, 0.15) is 17.3 Å². The van der Waals surface area contributed by atoms with Gasteiger partial charge in [-0.25, -0.2) is 0 Å². The lowest BCUT2D eigenvalue weighted by molar-refractivity contribution is 0.0513. The number of aromatic hydroxyl groups is 1. The van der Waals surface area contributed by atoms with E-state index in [1.807, 2.05) is 14.0 Å². The topological polar surface area (TPSA) is 61.8 Å². The molecule has 2 N–H and O–H groups in total. The molecule has 26 heavy (non-hydrogen) atoms. The Balaban J connectivity index is 1.72. The van der Waals surface area contributed by atoms with E-state index in [9.17, 15) is 9.90 Å². The first-order valence-corrected chi connectivity index (χ1v) is 9.05. The van der Waals surface area contributed by atoms with Gasteiger partial charge in [-0.15, -0.1) is 0 Å². The van der Waals surface area contributed by atoms with Crippen molar-refractivity contribution in [2.45, 2.75) is 19.1 Å². The molecule has 138 valence electrons. The molecule has 1 amide bonds. The molecule has 0 spiro atoms. The molecule has 0 aromatic heterocycles. The molecule has 2 aromatic carbocycles. The predicted octanol–water partition coefficient (Wildman–Crippen LogP) is 3.16. The number of benzene rings is 2. The van der Waals surface area contributed by atoms with Gasteiger partial charge in [-0.3, -0.25) is 4.79 Å². The van der Waals surface area contributed by atoms with E-state index in [1.54, 1.807) is 42.5 Å². The fraction of sp³-hybridized carbons (Fsp3) is 0.350. The van der Waals surface area contributed by atoms with Gasteiger partial charge in [0.15, 0.2) is 0 Å². The van der Waals surface area contributed by atoms with E-state index in [-0.39, 0.29) is 23.8 Å². The van der Waals surface area contributed by atoms with Crippen LogP contribution in [0.25, 0.3) is 11.1 Å². The van der Waals surface area contributed by atoms with Crippen molar-refractivity contribution < 1.29 is 14.6 Å². The van der Waals surface area contributed by atoms with Crippen LogP contribution in [0.2, 0.25) is 5.02 Å². The molecule has 1 heterocycles. The second kappa shape index (κ2) is 8.08. The third kappa shape index (κ3) is 4.18. The molecule has 2 aromatic rings. The lowest BCUT2D eigenvalue weighted by Crippen LogP contribution is -2.43. The van der Waals surface area contributed by atoms with Crippen LogP contribution in [0, 0.1) is 0 Å². The van der Waals surface area contributed by atoms with E-state index in [0.29, 0.717) is 22.8 Å². The quantitative estimate of drug-likeness (QED) is 0.843. The summed E-state index contributed by atoms with van der Waals surface area (Å²) in [6, 6.07) is 12.0. The Morgan fingerprint density at radius 3 is 2.69 bits per heavy atom. The molecule has 1 aliphatic heterocycles. The van der Waals surface area contributed by atoms with Crippen molar-refractivity contribution in [2.24, 2.45) is 0 Å². The molecule has 5 nitrogen and oxygen atoms in total. The molecule has 3 rings (SSSR count). The van der Waals surface area contributed by atoms with Crippen LogP contribution in [-0.4, -0.2) is 54.8 Å². The van der Waals surface area contributed by atoms with Crippen molar-refractivity contribution in [3.8, 4) is 16.9 Å². The van der Waals surface area contributed by atoms with Crippen LogP contribution < -0.4 is 5.32 Å². The molecular formula is C20H23ClN2O3. The second-order valence-corrected chi connectivity index (χ2v) is 6.97. The van der Waals surface area contributed by atoms with Crippen LogP contribution in [-0.2, 0) is 4.74 Å². The summed E-state index contributed by atoms with van der Waals surface area (Å²) in [4.78, 5) is 14.7. The number of phenolic OH excluding ortho intramolecular Hbond substituents is 1. The molecule has 1 saturated heterocycles. The van der Waals surface area contributed by atoms with Crippen LogP contribution in [0.5, 0.6) is 5.75 Å². The van der Waals surface area contributed by atoms with Gasteiger partial charge in [-0.2, -0.15) is 0 Å². The van der Waals surface area contributed by atoms with Crippen molar-refractivity contribution in [3.63, 3.8) is 0 Å². The van der Waals surface area contributed by atoms with E-state index >= 15 is 0 Å². The molecule has 1 aliphatic rings. The van der Waals surface area contributed by atoms with Crippen LogP contribution in [0.15, 0.2) is 42.5 Å². The number of halogens is 1. The minimum Gasteiger partial charge on any atom is -0.507 e. The smallest absolute Gasteiger partial charge is 0.251 e. The minimum atomic E-state index is -0.128. The Bertz CT molecular complexity index is 779. The average molecular weight is 375 g/mol. The summed E-state index contributed by atoms with van der Waals surface area (Å²) in [5.41, 5.74) is 2.01. The Hall–Kier alpha value is -2.08. The summed E-state index contributed by atoms with van der Waals surface area (Å²) in [5.74, 6) is 0.0250. The van der Waals surface area contributed by atoms with Crippen LogP contribution >= 0.6 is 11.6 Å². The number of likely N-dealkylation sites (tertiary alicyclic amines) is 1. The average Bonchev–Trinajstić information content (AvgIpc) is 2.96. The molecule has 1 fully saturated rings. The van der Waals surface area contributed by atoms with Crippen LogP contribution in [0.4, 0.5) is 0 Å². The maximum absolute atomic E-state index is 12.6. The van der Waals surface area contributed by atoms with Gasteiger partial charge in [0, 0.05) is 35.8 Å². The number of hydrogen-bond donors (Lipinski definition) is 2. The summed E-state index contributed by atoms with van der Waals surface area (Å²) in [7, 11) is 2.02. The number of carbonyl (C=O) groups is 1. The maximum atomic E-state index is 12.6.